The number of thiophene rings is 1. The molecule has 9 nitrogen and oxygen atoms in total. The minimum absolute atomic E-state index is 0.0742. The largest absolute Gasteiger partial charge is 0.385 e. The van der Waals surface area contributed by atoms with Gasteiger partial charge in [0.25, 0.3) is 11.8 Å². The Morgan fingerprint density at radius 1 is 1.24 bits per heavy atom. The number of nitrogens with zero attached hydrogens (tertiary/aromatic N) is 2. The number of hydrogen-bond acceptors (Lipinski definition) is 8. The standard InChI is InChI=1S/C21H27ClN4O5S2/c1-3-11-33(29,30)21-24-12-14(22)17(25-21)19(28)26-20-16(18(27)23-9-6-10-31-2)13-7-4-5-8-15(13)32-20/h12H,3-11H2,1-2H3,(H,23,27)(H,26,28). The summed E-state index contributed by atoms with van der Waals surface area (Å²) in [6, 6.07) is 0. The number of hydrogen-bond donors (Lipinski definition) is 2. The van der Waals surface area contributed by atoms with Gasteiger partial charge in [0.15, 0.2) is 5.69 Å². The third kappa shape index (κ3) is 6.08. The molecule has 2 aromatic heterocycles. The number of nitrogens with one attached hydrogen (secondary N) is 2. The second-order valence-electron chi connectivity index (χ2n) is 7.64. The predicted molar refractivity (Wildman–Crippen MR) is 127 cm³/mol. The summed E-state index contributed by atoms with van der Waals surface area (Å²) < 4.78 is 29.7. The van der Waals surface area contributed by atoms with Crippen molar-refractivity contribution in [2.24, 2.45) is 0 Å². The van der Waals surface area contributed by atoms with E-state index in [4.69, 9.17) is 16.3 Å². The van der Waals surface area contributed by atoms with E-state index in [1.54, 1.807) is 14.0 Å². The summed E-state index contributed by atoms with van der Waals surface area (Å²) in [6.45, 7) is 2.70. The molecule has 1 aliphatic carbocycles. The van der Waals surface area contributed by atoms with Crippen molar-refractivity contribution in [3.8, 4) is 0 Å². The summed E-state index contributed by atoms with van der Waals surface area (Å²) in [5.41, 5.74) is 1.15. The van der Waals surface area contributed by atoms with Gasteiger partial charge in [-0.25, -0.2) is 18.4 Å². The van der Waals surface area contributed by atoms with E-state index < -0.39 is 20.9 Å². The third-order valence-electron chi connectivity index (χ3n) is 5.12. The molecule has 0 saturated heterocycles. The molecule has 1 aliphatic rings. The van der Waals surface area contributed by atoms with E-state index in [9.17, 15) is 18.0 Å². The van der Waals surface area contributed by atoms with Crippen molar-refractivity contribution in [3.63, 3.8) is 0 Å². The Morgan fingerprint density at radius 3 is 2.73 bits per heavy atom. The molecule has 0 saturated carbocycles. The van der Waals surface area contributed by atoms with Crippen LogP contribution in [0.2, 0.25) is 5.02 Å². The SMILES string of the molecule is CCCS(=O)(=O)c1ncc(Cl)c(C(=O)Nc2sc3c(c2C(=O)NCCCOC)CCCC3)n1. The lowest BCUT2D eigenvalue weighted by atomic mass is 9.95. The first kappa shape index (κ1) is 25.5. The Hall–Kier alpha value is -2.08. The molecule has 2 aromatic rings. The van der Waals surface area contributed by atoms with Crippen LogP contribution in [0.1, 0.15) is 63.9 Å². The molecule has 0 aliphatic heterocycles. The number of carbonyl (C=O) groups excluding carboxylic acids is 2. The molecule has 2 N–H and O–H groups in total. The van der Waals surface area contributed by atoms with Crippen LogP contribution in [0.25, 0.3) is 0 Å². The zero-order valence-electron chi connectivity index (χ0n) is 18.6. The van der Waals surface area contributed by atoms with Crippen molar-refractivity contribution in [2.45, 2.75) is 50.6 Å². The first-order valence-corrected chi connectivity index (χ1v) is 13.6. The van der Waals surface area contributed by atoms with Gasteiger partial charge in [-0.15, -0.1) is 11.3 Å². The van der Waals surface area contributed by atoms with E-state index >= 15 is 0 Å². The van der Waals surface area contributed by atoms with Crippen LogP contribution in [-0.2, 0) is 27.4 Å². The molecular weight excluding hydrogens is 488 g/mol. The topological polar surface area (TPSA) is 127 Å². The van der Waals surface area contributed by atoms with Crippen molar-refractivity contribution in [2.75, 3.05) is 31.3 Å². The van der Waals surface area contributed by atoms with Crippen LogP contribution in [-0.4, -0.2) is 56.2 Å². The number of fused-ring (bicyclic) bond motifs is 1. The second-order valence-corrected chi connectivity index (χ2v) is 11.2. The van der Waals surface area contributed by atoms with Crippen LogP contribution < -0.4 is 10.6 Å². The van der Waals surface area contributed by atoms with Crippen LogP contribution in [0.15, 0.2) is 11.4 Å². The number of halogens is 1. The third-order valence-corrected chi connectivity index (χ3v) is 8.31. The van der Waals surface area contributed by atoms with Crippen LogP contribution in [0.5, 0.6) is 0 Å². The lowest BCUT2D eigenvalue weighted by molar-refractivity contribution is 0.0948. The van der Waals surface area contributed by atoms with Crippen molar-refractivity contribution >= 4 is 49.6 Å². The van der Waals surface area contributed by atoms with Crippen molar-refractivity contribution < 1.29 is 22.7 Å². The number of sulfone groups is 1. The summed E-state index contributed by atoms with van der Waals surface area (Å²) in [4.78, 5) is 34.8. The Kier molecular flexibility index (Phi) is 8.80. The quantitative estimate of drug-likeness (QED) is 0.368. The zero-order chi connectivity index (χ0) is 24.0. The van der Waals surface area contributed by atoms with E-state index in [2.05, 4.69) is 20.6 Å². The summed E-state index contributed by atoms with van der Waals surface area (Å²) in [7, 11) is -2.13. The van der Waals surface area contributed by atoms with Gasteiger partial charge in [0.1, 0.15) is 5.00 Å². The Morgan fingerprint density at radius 2 is 2.00 bits per heavy atom. The zero-order valence-corrected chi connectivity index (χ0v) is 21.0. The van der Waals surface area contributed by atoms with Crippen molar-refractivity contribution in [1.29, 1.82) is 0 Å². The number of carbonyl (C=O) groups is 2. The molecule has 33 heavy (non-hydrogen) atoms. The summed E-state index contributed by atoms with van der Waals surface area (Å²) in [6.07, 6.45) is 5.75. The van der Waals surface area contributed by atoms with Gasteiger partial charge in [0.2, 0.25) is 15.0 Å². The smallest absolute Gasteiger partial charge is 0.276 e. The Balaban J connectivity index is 1.89. The summed E-state index contributed by atoms with van der Waals surface area (Å²) in [5, 5.41) is 5.51. The monoisotopic (exact) mass is 514 g/mol. The Bertz CT molecular complexity index is 1130. The second kappa shape index (κ2) is 11.4. The van der Waals surface area contributed by atoms with Gasteiger partial charge in [0, 0.05) is 25.1 Å². The van der Waals surface area contributed by atoms with E-state index in [0.29, 0.717) is 36.6 Å². The molecule has 2 amide bonds. The highest BCUT2D eigenvalue weighted by Gasteiger charge is 2.28. The normalized spacial score (nSPS) is 13.4. The maximum Gasteiger partial charge on any atom is 0.276 e. The first-order valence-electron chi connectivity index (χ1n) is 10.8. The van der Waals surface area contributed by atoms with Crippen molar-refractivity contribution in [3.05, 3.63) is 32.9 Å². The molecule has 3 rings (SSSR count). The predicted octanol–water partition coefficient (Wildman–Crippen LogP) is 3.27. The average Bonchev–Trinajstić information content (AvgIpc) is 3.14. The number of ether oxygens (including phenoxy) is 1. The van der Waals surface area contributed by atoms with Crippen LogP contribution >= 0.6 is 22.9 Å². The lowest BCUT2D eigenvalue weighted by Gasteiger charge is -2.13. The van der Waals surface area contributed by atoms with Crippen LogP contribution in [0, 0.1) is 0 Å². The number of rotatable bonds is 10. The molecule has 0 aromatic carbocycles. The fraction of sp³-hybridized carbons (Fsp3) is 0.524. The van der Waals surface area contributed by atoms with Gasteiger partial charge < -0.3 is 15.4 Å². The summed E-state index contributed by atoms with van der Waals surface area (Å²) in [5.74, 6) is -1.09. The minimum Gasteiger partial charge on any atom is -0.385 e. The average molecular weight is 515 g/mol. The van der Waals surface area contributed by atoms with E-state index in [-0.39, 0.29) is 22.4 Å². The molecule has 12 heteroatoms. The lowest BCUT2D eigenvalue weighted by Crippen LogP contribution is -2.27. The van der Waals surface area contributed by atoms with Crippen LogP contribution in [0.4, 0.5) is 5.00 Å². The molecular formula is C21H27ClN4O5S2. The molecule has 0 radical (unpaired) electrons. The first-order chi connectivity index (χ1) is 15.8. The van der Waals surface area contributed by atoms with E-state index in [1.165, 1.54) is 11.3 Å². The van der Waals surface area contributed by atoms with Gasteiger partial charge in [-0.3, -0.25) is 9.59 Å². The minimum atomic E-state index is -3.73. The highest BCUT2D eigenvalue weighted by molar-refractivity contribution is 7.91. The van der Waals surface area contributed by atoms with Crippen LogP contribution in [0.3, 0.4) is 0 Å². The number of methoxy groups -OCH3 is 1. The fourth-order valence-corrected chi connectivity index (χ4v) is 6.21. The van der Waals surface area contributed by atoms with Gasteiger partial charge in [-0.2, -0.15) is 0 Å². The molecule has 0 spiro atoms. The molecule has 180 valence electrons. The highest BCUT2D eigenvalue weighted by atomic mass is 35.5. The molecule has 0 bridgehead atoms. The number of amides is 2. The van der Waals surface area contributed by atoms with Crippen molar-refractivity contribution in [1.82, 2.24) is 15.3 Å². The van der Waals surface area contributed by atoms with Gasteiger partial charge in [-0.1, -0.05) is 18.5 Å². The maximum absolute atomic E-state index is 13.0. The van der Waals surface area contributed by atoms with E-state index in [0.717, 1.165) is 42.3 Å². The molecule has 0 unspecified atom stereocenters. The maximum atomic E-state index is 13.0. The number of anilines is 1. The molecule has 0 fully saturated rings. The fourth-order valence-electron chi connectivity index (χ4n) is 3.58. The van der Waals surface area contributed by atoms with Gasteiger partial charge in [-0.05, 0) is 44.1 Å². The number of aromatic nitrogens is 2. The van der Waals surface area contributed by atoms with E-state index in [1.807, 2.05) is 0 Å². The number of aryl methyl sites for hydroxylation is 1. The molecule has 0 atom stereocenters. The Labute approximate surface area is 202 Å². The van der Waals surface area contributed by atoms with Gasteiger partial charge in [0.05, 0.1) is 22.5 Å². The summed E-state index contributed by atoms with van der Waals surface area (Å²) >= 11 is 7.48. The molecule has 2 heterocycles. The van der Waals surface area contributed by atoms with Gasteiger partial charge >= 0.3 is 0 Å². The highest BCUT2D eigenvalue weighted by Crippen LogP contribution is 2.38.